The second kappa shape index (κ2) is 8.80. The molecule has 0 spiro atoms. The van der Waals surface area contributed by atoms with Gasteiger partial charge in [0.1, 0.15) is 12.5 Å². The average Bonchev–Trinajstić information content (AvgIpc) is 3.06. The highest BCUT2D eigenvalue weighted by Crippen LogP contribution is 2.19. The minimum Gasteiger partial charge on any atom is -0.382 e. The smallest absolute Gasteiger partial charge is 0.183 e. The molecule has 7 nitrogen and oxygen atoms in total. The van der Waals surface area contributed by atoms with Crippen LogP contribution in [-0.4, -0.2) is 46.8 Å². The van der Waals surface area contributed by atoms with E-state index in [0.717, 1.165) is 0 Å². The molecule has 0 N–H and O–H groups in total. The maximum atomic E-state index is 13.0. The largest absolute Gasteiger partial charge is 0.382 e. The summed E-state index contributed by atoms with van der Waals surface area (Å²) in [6, 6.07) is 5.59. The molecule has 2 rings (SSSR count). The summed E-state index contributed by atoms with van der Waals surface area (Å²) in [5, 5.41) is 11.3. The number of methoxy groups -OCH3 is 1. The molecule has 24 heavy (non-hydrogen) atoms. The Morgan fingerprint density at radius 2 is 2.08 bits per heavy atom. The van der Waals surface area contributed by atoms with Gasteiger partial charge in [0.05, 0.1) is 13.2 Å². The van der Waals surface area contributed by atoms with Crippen molar-refractivity contribution >= 4 is 17.4 Å². The van der Waals surface area contributed by atoms with E-state index in [1.54, 1.807) is 7.11 Å². The third-order valence-corrected chi connectivity index (χ3v) is 3.10. The highest BCUT2D eigenvalue weighted by molar-refractivity contribution is 6.09. The van der Waals surface area contributed by atoms with Gasteiger partial charge in [0.25, 0.3) is 0 Å². The second-order valence-electron chi connectivity index (χ2n) is 4.78. The predicted octanol–water partition coefficient (Wildman–Crippen LogP) is 1.73. The first kappa shape index (κ1) is 17.6. The van der Waals surface area contributed by atoms with Crippen LogP contribution in [0.1, 0.15) is 11.4 Å². The van der Waals surface area contributed by atoms with Crippen LogP contribution in [0.2, 0.25) is 0 Å². The first-order valence-corrected chi connectivity index (χ1v) is 7.10. The van der Waals surface area contributed by atoms with E-state index in [9.17, 15) is 9.18 Å². The molecule has 1 aromatic heterocycles. The number of aromatic nitrogens is 4. The number of hydrogen-bond acceptors (Lipinski definition) is 6. The third kappa shape index (κ3) is 4.64. The summed E-state index contributed by atoms with van der Waals surface area (Å²) >= 11 is 0. The van der Waals surface area contributed by atoms with E-state index in [-0.39, 0.29) is 12.5 Å². The molecule has 0 bridgehead atoms. The van der Waals surface area contributed by atoms with Crippen molar-refractivity contribution in [2.45, 2.75) is 6.73 Å². The minimum atomic E-state index is -0.375. The van der Waals surface area contributed by atoms with Crippen LogP contribution in [0, 0.1) is 5.82 Å². The molecule has 0 saturated carbocycles. The molecule has 0 amide bonds. The Kier molecular flexibility index (Phi) is 6.47. The Morgan fingerprint density at radius 1 is 1.33 bits per heavy atom. The maximum absolute atomic E-state index is 13.0. The van der Waals surface area contributed by atoms with Crippen molar-refractivity contribution in [3.8, 4) is 0 Å². The predicted molar refractivity (Wildman–Crippen MR) is 85.1 cm³/mol. The van der Waals surface area contributed by atoms with Crippen molar-refractivity contribution < 1.29 is 18.7 Å². The molecule has 8 heteroatoms. The van der Waals surface area contributed by atoms with Crippen molar-refractivity contribution in [1.82, 2.24) is 20.2 Å². The van der Waals surface area contributed by atoms with Gasteiger partial charge in [0, 0.05) is 18.3 Å². The molecule has 0 atom stereocenters. The Hall–Kier alpha value is -2.71. The Morgan fingerprint density at radius 3 is 2.75 bits per heavy atom. The van der Waals surface area contributed by atoms with Gasteiger partial charge < -0.3 is 9.47 Å². The fraction of sp³-hybridized carbons (Fsp3) is 0.250. The normalized spacial score (nSPS) is 11.5. The number of carbonyl (C=O) groups excluding carboxylic acids is 1. The average molecular weight is 332 g/mol. The quantitative estimate of drug-likeness (QED) is 0.301. The number of tetrazole rings is 1. The number of carbonyl (C=O) groups is 1. The summed E-state index contributed by atoms with van der Waals surface area (Å²) in [4.78, 5) is 11.3. The number of nitrogens with zero attached hydrogens (tertiary/aromatic N) is 4. The van der Waals surface area contributed by atoms with Gasteiger partial charge in [0.15, 0.2) is 12.1 Å². The Labute approximate surface area is 138 Å². The maximum Gasteiger partial charge on any atom is 0.183 e. The molecule has 0 aliphatic carbocycles. The molecule has 126 valence electrons. The van der Waals surface area contributed by atoms with Crippen LogP contribution in [0.25, 0.3) is 11.1 Å². The van der Waals surface area contributed by atoms with Crippen molar-refractivity contribution in [3.63, 3.8) is 0 Å². The lowest BCUT2D eigenvalue weighted by molar-refractivity contribution is -0.103. The molecular formula is C16H17FN4O3. The van der Waals surface area contributed by atoms with Crippen LogP contribution in [0.15, 0.2) is 36.9 Å². The number of ether oxygens (including phenoxy) is 2. The number of halogens is 1. The lowest BCUT2D eigenvalue weighted by Crippen LogP contribution is -2.11. The van der Waals surface area contributed by atoms with Crippen LogP contribution < -0.4 is 0 Å². The number of aldehydes is 1. The van der Waals surface area contributed by atoms with E-state index in [1.165, 1.54) is 35.0 Å². The summed E-state index contributed by atoms with van der Waals surface area (Å²) in [6.07, 6.45) is 2.21. The lowest BCUT2D eigenvalue weighted by Gasteiger charge is -2.06. The van der Waals surface area contributed by atoms with Gasteiger partial charge >= 0.3 is 0 Å². The molecule has 0 aliphatic rings. The van der Waals surface area contributed by atoms with Crippen LogP contribution in [0.5, 0.6) is 0 Å². The Bertz CT molecular complexity index is 725. The molecule has 0 saturated heterocycles. The molecular weight excluding hydrogens is 315 g/mol. The van der Waals surface area contributed by atoms with Gasteiger partial charge in [-0.2, -0.15) is 4.68 Å². The molecule has 1 aromatic carbocycles. The van der Waals surface area contributed by atoms with Crippen LogP contribution >= 0.6 is 0 Å². The minimum absolute atomic E-state index is 0.130. The van der Waals surface area contributed by atoms with Gasteiger partial charge in [-0.3, -0.25) is 4.79 Å². The number of hydrogen-bond donors (Lipinski definition) is 0. The summed E-state index contributed by atoms with van der Waals surface area (Å²) in [5.74, 6) is -0.00569. The standard InChI is InChI=1S/C16H17FN4O3/c1-12(9-14(10-22)13-3-5-15(17)6-4-13)16-18-19-20-21(16)11-24-8-7-23-2/h3-6,9-10H,1,7-8,11H2,2H3/b14-9-. The van der Waals surface area contributed by atoms with Crippen molar-refractivity contribution in [3.05, 3.63) is 54.1 Å². The highest BCUT2D eigenvalue weighted by atomic mass is 19.1. The molecule has 0 radical (unpaired) electrons. The zero-order valence-electron chi connectivity index (χ0n) is 13.2. The van der Waals surface area contributed by atoms with Gasteiger partial charge in [-0.25, -0.2) is 4.39 Å². The number of rotatable bonds is 9. The monoisotopic (exact) mass is 332 g/mol. The first-order valence-electron chi connectivity index (χ1n) is 7.10. The van der Waals surface area contributed by atoms with Gasteiger partial charge in [-0.15, -0.1) is 5.10 Å². The Balaban J connectivity index is 2.14. The number of benzene rings is 1. The molecule has 2 aromatic rings. The van der Waals surface area contributed by atoms with E-state index < -0.39 is 0 Å². The highest BCUT2D eigenvalue weighted by Gasteiger charge is 2.10. The van der Waals surface area contributed by atoms with E-state index in [4.69, 9.17) is 9.47 Å². The van der Waals surface area contributed by atoms with E-state index in [2.05, 4.69) is 22.1 Å². The van der Waals surface area contributed by atoms with Gasteiger partial charge in [0.2, 0.25) is 0 Å². The lowest BCUT2D eigenvalue weighted by atomic mass is 10.0. The first-order chi connectivity index (χ1) is 11.7. The van der Waals surface area contributed by atoms with Crippen molar-refractivity contribution in [2.24, 2.45) is 0 Å². The van der Waals surface area contributed by atoms with E-state index >= 15 is 0 Å². The van der Waals surface area contributed by atoms with Crippen molar-refractivity contribution in [2.75, 3.05) is 20.3 Å². The second-order valence-corrected chi connectivity index (χ2v) is 4.78. The summed E-state index contributed by atoms with van der Waals surface area (Å²) in [6.45, 7) is 4.86. The van der Waals surface area contributed by atoms with Gasteiger partial charge in [-0.1, -0.05) is 18.7 Å². The zero-order valence-corrected chi connectivity index (χ0v) is 13.2. The van der Waals surface area contributed by atoms with Crippen LogP contribution in [0.4, 0.5) is 4.39 Å². The van der Waals surface area contributed by atoms with Crippen LogP contribution in [-0.2, 0) is 21.0 Å². The van der Waals surface area contributed by atoms with E-state index in [0.29, 0.717) is 42.0 Å². The topological polar surface area (TPSA) is 79.1 Å². The summed E-state index contributed by atoms with van der Waals surface area (Å²) in [7, 11) is 1.58. The molecule has 0 unspecified atom stereocenters. The van der Waals surface area contributed by atoms with Crippen LogP contribution in [0.3, 0.4) is 0 Å². The van der Waals surface area contributed by atoms with Crippen molar-refractivity contribution in [1.29, 1.82) is 0 Å². The fourth-order valence-electron chi connectivity index (χ4n) is 1.89. The van der Waals surface area contributed by atoms with E-state index in [1.807, 2.05) is 0 Å². The molecule has 1 heterocycles. The SMILES string of the molecule is C=C(/C=C(/C=O)c1ccc(F)cc1)c1nnnn1COCCOC. The van der Waals surface area contributed by atoms with Gasteiger partial charge in [-0.05, 0) is 34.2 Å². The third-order valence-electron chi connectivity index (χ3n) is 3.10. The summed E-state index contributed by atoms with van der Waals surface area (Å²) < 4.78 is 24.7. The zero-order chi connectivity index (χ0) is 17.4. The fourth-order valence-corrected chi connectivity index (χ4v) is 1.89. The number of allylic oxidation sites excluding steroid dienone is 3. The molecule has 0 fully saturated rings. The molecule has 0 aliphatic heterocycles. The summed E-state index contributed by atoms with van der Waals surface area (Å²) in [5.41, 5.74) is 1.35.